The molecule has 3 aromatic rings. The molecule has 1 amide bonds. The fraction of sp³-hybridized carbons (Fsp3) is 0.190. The summed E-state index contributed by atoms with van der Waals surface area (Å²) in [5, 5.41) is 11.4. The maximum Gasteiger partial charge on any atom is 0.279 e. The highest BCUT2D eigenvalue weighted by molar-refractivity contribution is 6.04. The van der Waals surface area contributed by atoms with Crippen LogP contribution in [0.15, 0.2) is 72.8 Å². The number of carbonyl (C=O) groups excluding carboxylic acids is 1. The van der Waals surface area contributed by atoms with E-state index in [9.17, 15) is 4.79 Å². The van der Waals surface area contributed by atoms with Crippen molar-refractivity contribution in [2.75, 3.05) is 16.8 Å². The second-order valence-electron chi connectivity index (χ2n) is 5.94. The van der Waals surface area contributed by atoms with E-state index in [0.29, 0.717) is 18.1 Å². The van der Waals surface area contributed by atoms with Crippen LogP contribution in [0.25, 0.3) is 0 Å². The Morgan fingerprint density at radius 3 is 2.23 bits per heavy atom. The highest BCUT2D eigenvalue weighted by Crippen LogP contribution is 2.19. The summed E-state index contributed by atoms with van der Waals surface area (Å²) in [6.45, 7) is 3.38. The average Bonchev–Trinajstić information content (AvgIpc) is 2.72. The van der Waals surface area contributed by atoms with E-state index < -0.39 is 0 Å². The highest BCUT2D eigenvalue weighted by Gasteiger charge is 2.19. The third-order valence-corrected chi connectivity index (χ3v) is 3.94. The number of aromatic nitrogens is 2. The fourth-order valence-corrected chi connectivity index (χ4v) is 2.59. The van der Waals surface area contributed by atoms with Crippen LogP contribution < -0.4 is 10.2 Å². The molecule has 0 spiro atoms. The Labute approximate surface area is 153 Å². The lowest BCUT2D eigenvalue weighted by molar-refractivity contribution is 0.0979. The fourth-order valence-electron chi connectivity index (χ4n) is 2.59. The van der Waals surface area contributed by atoms with Crippen LogP contribution in [0.1, 0.15) is 29.4 Å². The molecule has 0 aliphatic rings. The van der Waals surface area contributed by atoms with Crippen molar-refractivity contribution in [2.45, 2.75) is 19.9 Å². The number of hydrogen-bond donors (Lipinski definition) is 1. The van der Waals surface area contributed by atoms with E-state index in [4.69, 9.17) is 0 Å². The SMILES string of the molecule is CCCNc1ccc(C(=O)N(Cc2ccccc2)c2ccccc2)nn1. The molecule has 5 heteroatoms. The van der Waals surface area contributed by atoms with E-state index in [0.717, 1.165) is 24.2 Å². The molecule has 3 rings (SSSR count). The molecule has 0 aliphatic carbocycles. The van der Waals surface area contributed by atoms with Gasteiger partial charge >= 0.3 is 0 Å². The summed E-state index contributed by atoms with van der Waals surface area (Å²) in [6, 6.07) is 23.0. The van der Waals surface area contributed by atoms with Crippen molar-refractivity contribution in [3.05, 3.63) is 84.1 Å². The number of anilines is 2. The molecule has 0 aliphatic heterocycles. The van der Waals surface area contributed by atoms with Gasteiger partial charge in [0.05, 0.1) is 6.54 Å². The van der Waals surface area contributed by atoms with Gasteiger partial charge in [0.15, 0.2) is 5.69 Å². The molecule has 0 saturated carbocycles. The summed E-state index contributed by atoms with van der Waals surface area (Å²) < 4.78 is 0. The summed E-state index contributed by atoms with van der Waals surface area (Å²) in [7, 11) is 0. The van der Waals surface area contributed by atoms with Gasteiger partial charge in [-0.25, -0.2) is 0 Å². The molecule has 1 N–H and O–H groups in total. The molecule has 0 saturated heterocycles. The molecule has 0 bridgehead atoms. The number of amides is 1. The van der Waals surface area contributed by atoms with Crippen molar-refractivity contribution in [2.24, 2.45) is 0 Å². The average molecular weight is 346 g/mol. The topological polar surface area (TPSA) is 58.1 Å². The van der Waals surface area contributed by atoms with Crippen molar-refractivity contribution in [1.82, 2.24) is 10.2 Å². The molecular formula is C21H22N4O. The van der Waals surface area contributed by atoms with Gasteiger partial charge in [0.25, 0.3) is 5.91 Å². The van der Waals surface area contributed by atoms with Crippen LogP contribution in [0, 0.1) is 0 Å². The zero-order valence-corrected chi connectivity index (χ0v) is 14.8. The van der Waals surface area contributed by atoms with Gasteiger partial charge in [-0.05, 0) is 36.2 Å². The summed E-state index contributed by atoms with van der Waals surface area (Å²) in [6.07, 6.45) is 1.00. The highest BCUT2D eigenvalue weighted by atomic mass is 16.2. The van der Waals surface area contributed by atoms with Crippen molar-refractivity contribution >= 4 is 17.4 Å². The quantitative estimate of drug-likeness (QED) is 0.698. The van der Waals surface area contributed by atoms with E-state index in [2.05, 4.69) is 22.4 Å². The second-order valence-corrected chi connectivity index (χ2v) is 5.94. The van der Waals surface area contributed by atoms with Crippen LogP contribution in [-0.4, -0.2) is 22.6 Å². The number of benzene rings is 2. The monoisotopic (exact) mass is 346 g/mol. The minimum absolute atomic E-state index is 0.172. The van der Waals surface area contributed by atoms with Crippen LogP contribution in [-0.2, 0) is 6.54 Å². The van der Waals surface area contributed by atoms with Crippen molar-refractivity contribution in [3.8, 4) is 0 Å². The third-order valence-electron chi connectivity index (χ3n) is 3.94. The van der Waals surface area contributed by atoms with E-state index in [-0.39, 0.29) is 5.91 Å². The number of carbonyl (C=O) groups is 1. The molecule has 1 heterocycles. The summed E-state index contributed by atoms with van der Waals surface area (Å²) in [4.78, 5) is 14.8. The van der Waals surface area contributed by atoms with Crippen molar-refractivity contribution in [3.63, 3.8) is 0 Å². The normalized spacial score (nSPS) is 10.3. The first kappa shape index (κ1) is 17.6. The Kier molecular flexibility index (Phi) is 5.93. The minimum Gasteiger partial charge on any atom is -0.369 e. The Bertz CT molecular complexity index is 820. The molecule has 0 fully saturated rings. The molecule has 0 unspecified atom stereocenters. The lowest BCUT2D eigenvalue weighted by Crippen LogP contribution is -2.31. The number of rotatable bonds is 7. The Balaban J connectivity index is 1.85. The molecule has 1 aromatic heterocycles. The van der Waals surface area contributed by atoms with Gasteiger partial charge in [-0.3, -0.25) is 4.79 Å². The van der Waals surface area contributed by atoms with Gasteiger partial charge in [-0.1, -0.05) is 55.5 Å². The Morgan fingerprint density at radius 1 is 0.923 bits per heavy atom. The van der Waals surface area contributed by atoms with Gasteiger partial charge < -0.3 is 10.2 Å². The smallest absolute Gasteiger partial charge is 0.279 e. The molecule has 26 heavy (non-hydrogen) atoms. The van der Waals surface area contributed by atoms with Gasteiger partial charge in [0.1, 0.15) is 5.82 Å². The first-order valence-electron chi connectivity index (χ1n) is 8.76. The lowest BCUT2D eigenvalue weighted by Gasteiger charge is -2.22. The predicted octanol–water partition coefficient (Wildman–Crippen LogP) is 4.15. The molecule has 2 aromatic carbocycles. The summed E-state index contributed by atoms with van der Waals surface area (Å²) in [5.74, 6) is 0.507. The maximum absolute atomic E-state index is 13.1. The van der Waals surface area contributed by atoms with Crippen LogP contribution in [0.5, 0.6) is 0 Å². The number of para-hydroxylation sites is 1. The Hall–Kier alpha value is -3.21. The van der Waals surface area contributed by atoms with Gasteiger partial charge in [-0.2, -0.15) is 0 Å². The van der Waals surface area contributed by atoms with Crippen LogP contribution in [0.2, 0.25) is 0 Å². The first-order chi connectivity index (χ1) is 12.8. The number of nitrogens with zero attached hydrogens (tertiary/aromatic N) is 3. The van der Waals surface area contributed by atoms with Crippen molar-refractivity contribution < 1.29 is 4.79 Å². The molecular weight excluding hydrogens is 324 g/mol. The third kappa shape index (κ3) is 4.45. The lowest BCUT2D eigenvalue weighted by atomic mass is 10.2. The van der Waals surface area contributed by atoms with Gasteiger partial charge in [-0.15, -0.1) is 10.2 Å². The van der Waals surface area contributed by atoms with Crippen molar-refractivity contribution in [1.29, 1.82) is 0 Å². The molecule has 0 atom stereocenters. The predicted molar refractivity (Wildman–Crippen MR) is 104 cm³/mol. The molecule has 132 valence electrons. The van der Waals surface area contributed by atoms with E-state index in [1.54, 1.807) is 17.0 Å². The molecule has 5 nitrogen and oxygen atoms in total. The minimum atomic E-state index is -0.172. The number of hydrogen-bond acceptors (Lipinski definition) is 4. The standard InChI is InChI=1S/C21H22N4O/c1-2-15-22-20-14-13-19(23-24-20)21(26)25(18-11-7-4-8-12-18)16-17-9-5-3-6-10-17/h3-14H,2,15-16H2,1H3,(H,22,24). The first-order valence-corrected chi connectivity index (χ1v) is 8.76. The zero-order chi connectivity index (χ0) is 18.2. The molecule has 0 radical (unpaired) electrons. The Morgan fingerprint density at radius 2 is 1.62 bits per heavy atom. The van der Waals surface area contributed by atoms with E-state index in [1.807, 2.05) is 60.7 Å². The van der Waals surface area contributed by atoms with Gasteiger partial charge in [0, 0.05) is 12.2 Å². The maximum atomic E-state index is 13.1. The summed E-state index contributed by atoms with van der Waals surface area (Å²) in [5.41, 5.74) is 2.21. The van der Waals surface area contributed by atoms with Crippen LogP contribution in [0.3, 0.4) is 0 Å². The summed E-state index contributed by atoms with van der Waals surface area (Å²) >= 11 is 0. The van der Waals surface area contributed by atoms with Crippen LogP contribution >= 0.6 is 0 Å². The van der Waals surface area contributed by atoms with Crippen LogP contribution in [0.4, 0.5) is 11.5 Å². The van der Waals surface area contributed by atoms with Gasteiger partial charge in [0.2, 0.25) is 0 Å². The van der Waals surface area contributed by atoms with E-state index >= 15 is 0 Å². The number of nitrogens with one attached hydrogen (secondary N) is 1. The largest absolute Gasteiger partial charge is 0.369 e. The van der Waals surface area contributed by atoms with E-state index in [1.165, 1.54) is 0 Å². The zero-order valence-electron chi connectivity index (χ0n) is 14.8. The second kappa shape index (κ2) is 8.76.